The first kappa shape index (κ1) is 5.71. The Kier molecular flexibility index (Phi) is 2.78. The minimum atomic E-state index is -0.532. The fourth-order valence-electron chi connectivity index (χ4n) is 0.0352. The second-order valence-corrected chi connectivity index (χ2v) is 1.37. The van der Waals surface area contributed by atoms with Crippen LogP contribution in [0, 0.1) is 0 Å². The zero-order valence-electron chi connectivity index (χ0n) is 2.63. The summed E-state index contributed by atoms with van der Waals surface area (Å²) in [6.07, 6.45) is 0. The van der Waals surface area contributed by atoms with Gasteiger partial charge in [-0.3, -0.25) is 4.79 Å². The van der Waals surface area contributed by atoms with Crippen LogP contribution in [0.1, 0.15) is 0 Å². The van der Waals surface area contributed by atoms with E-state index in [1.165, 1.54) is 22.6 Å². The largest absolute Gasteiger partial charge is 0.281 e. The van der Waals surface area contributed by atoms with E-state index in [1.54, 1.807) is 0 Å². The number of amides is 1. The molecule has 32 valence electrons. The first-order valence-corrected chi connectivity index (χ1v) is 2.10. The lowest BCUT2D eigenvalue weighted by Gasteiger charge is -1.58. The van der Waals surface area contributed by atoms with E-state index in [0.717, 1.165) is 0 Å². The number of carbonyl (C=O) groups excluding carboxylic acids is 1. The standard InChI is InChI=1S/CIN3O/c2-1(6)4-5-3. The average Bonchev–Trinajstić information content (AvgIpc) is 1.35. The molecule has 0 bridgehead atoms. The van der Waals surface area contributed by atoms with Crippen molar-refractivity contribution in [2.75, 3.05) is 0 Å². The lowest BCUT2D eigenvalue weighted by Crippen LogP contribution is -1.60. The van der Waals surface area contributed by atoms with Gasteiger partial charge in [-0.1, -0.05) is 0 Å². The molecule has 0 aliphatic carbocycles. The molecule has 0 heterocycles. The number of nitrogens with zero attached hydrogens (tertiary/aromatic N) is 3. The number of rotatable bonds is 0. The quantitative estimate of drug-likeness (QED) is 0.146. The maximum atomic E-state index is 9.61. The minimum Gasteiger partial charge on any atom is -0.281 e. The lowest BCUT2D eigenvalue weighted by atomic mass is 11.5. The molecule has 0 saturated carbocycles. The van der Waals surface area contributed by atoms with Crippen molar-refractivity contribution in [2.45, 2.75) is 0 Å². The molecule has 0 unspecified atom stereocenters. The molecular weight excluding hydrogens is 197 g/mol. The fourth-order valence-corrected chi connectivity index (χ4v) is 0.132. The molecule has 0 aromatic rings. The van der Waals surface area contributed by atoms with Crippen LogP contribution in [0.2, 0.25) is 0 Å². The number of hydrogen-bond acceptors (Lipinski definition) is 1. The summed E-state index contributed by atoms with van der Waals surface area (Å²) in [5.41, 5.74) is 7.47. The van der Waals surface area contributed by atoms with Crippen LogP contribution in [-0.2, 0) is 0 Å². The van der Waals surface area contributed by atoms with Crippen molar-refractivity contribution in [3.05, 3.63) is 10.4 Å². The number of azide groups is 1. The van der Waals surface area contributed by atoms with E-state index in [0.29, 0.717) is 0 Å². The van der Waals surface area contributed by atoms with Crippen molar-refractivity contribution in [1.29, 1.82) is 0 Å². The summed E-state index contributed by atoms with van der Waals surface area (Å²) in [6.45, 7) is 0. The smallest absolute Gasteiger partial charge is 0.278 e. The second kappa shape index (κ2) is 2.92. The Morgan fingerprint density at radius 2 is 2.50 bits per heavy atom. The molecule has 1 amide bonds. The third-order valence-corrected chi connectivity index (χ3v) is 0.339. The molecule has 0 rings (SSSR count). The molecule has 0 aliphatic heterocycles. The molecule has 4 nitrogen and oxygen atoms in total. The van der Waals surface area contributed by atoms with Gasteiger partial charge in [0.2, 0.25) is 0 Å². The summed E-state index contributed by atoms with van der Waals surface area (Å²) in [5, 5.41) is 2.65. The van der Waals surface area contributed by atoms with Crippen LogP contribution in [0.25, 0.3) is 10.4 Å². The van der Waals surface area contributed by atoms with Gasteiger partial charge in [-0.2, -0.15) is 0 Å². The molecule has 0 atom stereocenters. The van der Waals surface area contributed by atoms with Crippen LogP contribution >= 0.6 is 22.6 Å². The maximum Gasteiger partial charge on any atom is 0.278 e. The summed E-state index contributed by atoms with van der Waals surface area (Å²) in [6, 6.07) is 0. The molecule has 0 fully saturated rings. The zero-order chi connectivity index (χ0) is 4.99. The first-order valence-electron chi connectivity index (χ1n) is 1.02. The van der Waals surface area contributed by atoms with Gasteiger partial charge in [0, 0.05) is 27.5 Å². The Morgan fingerprint density at radius 1 is 2.00 bits per heavy atom. The highest BCUT2D eigenvalue weighted by molar-refractivity contribution is 14.1. The van der Waals surface area contributed by atoms with Gasteiger partial charge in [0.25, 0.3) is 3.91 Å². The van der Waals surface area contributed by atoms with Crippen molar-refractivity contribution in [1.82, 2.24) is 0 Å². The molecule has 0 aliphatic rings. The van der Waals surface area contributed by atoms with E-state index < -0.39 is 3.91 Å². The number of hydrogen-bond donors (Lipinski definition) is 0. The average molecular weight is 197 g/mol. The van der Waals surface area contributed by atoms with Gasteiger partial charge in [-0.05, 0) is 10.6 Å². The van der Waals surface area contributed by atoms with E-state index in [1.807, 2.05) is 0 Å². The van der Waals surface area contributed by atoms with E-state index in [9.17, 15) is 4.79 Å². The Balaban J connectivity index is 3.60. The van der Waals surface area contributed by atoms with Gasteiger partial charge in [0.05, 0.1) is 0 Å². The summed E-state index contributed by atoms with van der Waals surface area (Å²) < 4.78 is -0.532. The van der Waals surface area contributed by atoms with Crippen LogP contribution in [0.4, 0.5) is 4.79 Å². The predicted octanol–water partition coefficient (Wildman–Crippen LogP) is 1.85. The van der Waals surface area contributed by atoms with Gasteiger partial charge in [-0.25, -0.2) is 0 Å². The monoisotopic (exact) mass is 197 g/mol. The molecule has 6 heavy (non-hydrogen) atoms. The van der Waals surface area contributed by atoms with E-state index in [-0.39, 0.29) is 0 Å². The summed E-state index contributed by atoms with van der Waals surface area (Å²) in [5.74, 6) is 0. The predicted molar refractivity (Wildman–Crippen MR) is 28.6 cm³/mol. The summed E-state index contributed by atoms with van der Waals surface area (Å²) >= 11 is 1.38. The topological polar surface area (TPSA) is 65.8 Å². The highest BCUT2D eigenvalue weighted by Crippen LogP contribution is 1.87. The first-order chi connectivity index (χ1) is 2.77. The highest BCUT2D eigenvalue weighted by Gasteiger charge is 1.78. The minimum absolute atomic E-state index is 0.532. The van der Waals surface area contributed by atoms with Crippen LogP contribution in [-0.4, -0.2) is 3.91 Å². The van der Waals surface area contributed by atoms with Crippen molar-refractivity contribution in [3.8, 4) is 0 Å². The lowest BCUT2D eigenvalue weighted by molar-refractivity contribution is 0.269. The van der Waals surface area contributed by atoms with E-state index >= 15 is 0 Å². The number of carbonyl (C=O) groups is 1. The molecular formula is CIN3O. The molecule has 0 spiro atoms. The summed E-state index contributed by atoms with van der Waals surface area (Å²) in [4.78, 5) is 11.8. The van der Waals surface area contributed by atoms with Crippen LogP contribution < -0.4 is 0 Å². The fraction of sp³-hybridized carbons (Fsp3) is 0. The third kappa shape index (κ3) is 3.71. The maximum absolute atomic E-state index is 9.61. The van der Waals surface area contributed by atoms with Crippen molar-refractivity contribution in [3.63, 3.8) is 0 Å². The van der Waals surface area contributed by atoms with Crippen molar-refractivity contribution < 1.29 is 4.79 Å². The molecule has 0 aromatic carbocycles. The molecule has 0 aromatic heterocycles. The Labute approximate surface area is 47.3 Å². The molecule has 5 heteroatoms. The SMILES string of the molecule is [N-]=[N+]=NC(=O)I. The Morgan fingerprint density at radius 3 is 2.50 bits per heavy atom. The van der Waals surface area contributed by atoms with Crippen molar-refractivity contribution in [2.24, 2.45) is 5.11 Å². The van der Waals surface area contributed by atoms with Gasteiger partial charge in [0.1, 0.15) is 0 Å². The third-order valence-electron chi connectivity index (χ3n) is 0.123. The van der Waals surface area contributed by atoms with Crippen LogP contribution in [0.15, 0.2) is 5.11 Å². The van der Waals surface area contributed by atoms with Crippen molar-refractivity contribution >= 4 is 26.5 Å². The van der Waals surface area contributed by atoms with Gasteiger partial charge in [-0.15, -0.1) is 0 Å². The van der Waals surface area contributed by atoms with Gasteiger partial charge in [0.15, 0.2) is 0 Å². The van der Waals surface area contributed by atoms with Crippen LogP contribution in [0.5, 0.6) is 0 Å². The summed E-state index contributed by atoms with van der Waals surface area (Å²) in [7, 11) is 0. The Hall–Kier alpha value is -0.290. The molecule has 0 radical (unpaired) electrons. The normalized spacial score (nSPS) is 6.17. The van der Waals surface area contributed by atoms with E-state index in [2.05, 4.69) is 10.0 Å². The van der Waals surface area contributed by atoms with Gasteiger partial charge >= 0.3 is 0 Å². The zero-order valence-corrected chi connectivity index (χ0v) is 4.79. The van der Waals surface area contributed by atoms with Gasteiger partial charge < -0.3 is 0 Å². The molecule has 0 N–H and O–H groups in total. The second-order valence-electron chi connectivity index (χ2n) is 0.442. The van der Waals surface area contributed by atoms with Crippen LogP contribution in [0.3, 0.4) is 0 Å². The number of halogens is 1. The Bertz CT molecular complexity index is 103. The highest BCUT2D eigenvalue weighted by atomic mass is 127. The molecule has 0 saturated heterocycles. The van der Waals surface area contributed by atoms with E-state index in [4.69, 9.17) is 5.53 Å².